The maximum absolute atomic E-state index is 13.7. The number of methoxy groups -OCH3 is 1. The SMILES string of the molecule is CCC(C1C2CC(CC(OCOC)(C(F)(F)F)C(F)(F)F)C(C2)C1C)S(=O)(=O)F. The maximum Gasteiger partial charge on any atom is 0.426 e. The lowest BCUT2D eigenvalue weighted by Crippen LogP contribution is -2.60. The number of ether oxygens (including phenoxy) is 2. The van der Waals surface area contributed by atoms with Gasteiger partial charge in [0.15, 0.2) is 0 Å². The highest BCUT2D eigenvalue weighted by atomic mass is 32.3. The van der Waals surface area contributed by atoms with Crippen LogP contribution in [0.25, 0.3) is 0 Å². The summed E-state index contributed by atoms with van der Waals surface area (Å²) >= 11 is 0. The quantitative estimate of drug-likeness (QED) is 0.297. The van der Waals surface area contributed by atoms with Gasteiger partial charge in [-0.3, -0.25) is 0 Å². The highest BCUT2D eigenvalue weighted by molar-refractivity contribution is 7.87. The number of rotatable bonds is 8. The van der Waals surface area contributed by atoms with Crippen LogP contribution in [0.4, 0.5) is 30.2 Å². The van der Waals surface area contributed by atoms with E-state index in [0.717, 1.165) is 7.11 Å². The van der Waals surface area contributed by atoms with Crippen molar-refractivity contribution in [1.82, 2.24) is 0 Å². The van der Waals surface area contributed by atoms with Crippen LogP contribution >= 0.6 is 0 Å². The fourth-order valence-electron chi connectivity index (χ4n) is 5.55. The maximum atomic E-state index is 13.7. The molecule has 2 aliphatic rings. The summed E-state index contributed by atoms with van der Waals surface area (Å²) in [5.74, 6) is -3.14. The van der Waals surface area contributed by atoms with E-state index in [1.54, 1.807) is 6.92 Å². The van der Waals surface area contributed by atoms with Crippen LogP contribution < -0.4 is 0 Å². The van der Waals surface area contributed by atoms with Gasteiger partial charge in [0.25, 0.3) is 5.60 Å². The van der Waals surface area contributed by atoms with E-state index in [2.05, 4.69) is 9.47 Å². The number of hydrogen-bond donors (Lipinski definition) is 0. The first-order valence-corrected chi connectivity index (χ1v) is 10.7. The molecule has 4 nitrogen and oxygen atoms in total. The summed E-state index contributed by atoms with van der Waals surface area (Å²) in [6, 6.07) is 0. The Morgan fingerprint density at radius 1 is 1.07 bits per heavy atom. The number of alkyl halides is 6. The van der Waals surface area contributed by atoms with Crippen molar-refractivity contribution in [2.75, 3.05) is 13.9 Å². The van der Waals surface area contributed by atoms with E-state index < -0.39 is 76.2 Å². The van der Waals surface area contributed by atoms with E-state index in [1.807, 2.05) is 0 Å². The van der Waals surface area contributed by atoms with Crippen molar-refractivity contribution in [2.24, 2.45) is 29.6 Å². The molecule has 0 N–H and O–H groups in total. The van der Waals surface area contributed by atoms with Crippen LogP contribution in [-0.4, -0.2) is 45.5 Å². The second-order valence-corrected chi connectivity index (χ2v) is 9.65. The molecule has 12 heteroatoms. The zero-order valence-corrected chi connectivity index (χ0v) is 17.0. The standard InChI is InChI=1S/C17H25F7O4S/c1-4-13(29(24,25)26)14-9(2)12-6-10(14)5-11(12)7-15(16(18,19)20,17(21,22)23)28-8-27-3/h9-14H,4-8H2,1-3H3. The van der Waals surface area contributed by atoms with Crippen molar-refractivity contribution in [3.63, 3.8) is 0 Å². The minimum atomic E-state index is -5.72. The Bertz CT molecular complexity index is 660. The fraction of sp³-hybridized carbons (Fsp3) is 1.00. The third-order valence-corrected chi connectivity index (χ3v) is 8.07. The third kappa shape index (κ3) is 4.39. The Kier molecular flexibility index (Phi) is 6.92. The molecule has 0 saturated heterocycles. The minimum absolute atomic E-state index is 0.00623. The van der Waals surface area contributed by atoms with Gasteiger partial charge in [0, 0.05) is 7.11 Å². The van der Waals surface area contributed by atoms with Crippen molar-refractivity contribution in [3.8, 4) is 0 Å². The average molecular weight is 458 g/mol. The molecule has 2 bridgehead atoms. The summed E-state index contributed by atoms with van der Waals surface area (Å²) in [6.45, 7) is 1.89. The van der Waals surface area contributed by atoms with Crippen LogP contribution in [0.2, 0.25) is 0 Å². The Morgan fingerprint density at radius 2 is 1.62 bits per heavy atom. The van der Waals surface area contributed by atoms with Crippen molar-refractivity contribution in [2.45, 2.75) is 62.7 Å². The summed E-state index contributed by atoms with van der Waals surface area (Å²) in [4.78, 5) is 0. The first-order valence-electron chi connectivity index (χ1n) is 9.30. The predicted molar refractivity (Wildman–Crippen MR) is 88.9 cm³/mol. The van der Waals surface area contributed by atoms with Crippen molar-refractivity contribution in [1.29, 1.82) is 0 Å². The second-order valence-electron chi connectivity index (χ2n) is 8.09. The van der Waals surface area contributed by atoms with Crippen molar-refractivity contribution in [3.05, 3.63) is 0 Å². The molecule has 172 valence electrons. The summed E-state index contributed by atoms with van der Waals surface area (Å²) in [6.07, 6.45) is -12.5. The number of fused-ring (bicyclic) bond motifs is 2. The minimum Gasteiger partial charge on any atom is -0.359 e. The molecule has 0 amide bonds. The van der Waals surface area contributed by atoms with Gasteiger partial charge in [0.1, 0.15) is 6.79 Å². The molecule has 0 aromatic heterocycles. The van der Waals surface area contributed by atoms with Gasteiger partial charge >= 0.3 is 22.6 Å². The van der Waals surface area contributed by atoms with Crippen molar-refractivity contribution >= 4 is 10.2 Å². The molecule has 0 aromatic carbocycles. The molecule has 2 aliphatic carbocycles. The molecule has 2 fully saturated rings. The molecule has 0 spiro atoms. The molecule has 29 heavy (non-hydrogen) atoms. The van der Waals surface area contributed by atoms with E-state index in [0.29, 0.717) is 0 Å². The predicted octanol–water partition coefficient (Wildman–Crippen LogP) is 4.85. The van der Waals surface area contributed by atoms with Gasteiger partial charge in [-0.1, -0.05) is 13.8 Å². The lowest BCUT2D eigenvalue weighted by Gasteiger charge is -2.42. The van der Waals surface area contributed by atoms with Gasteiger partial charge in [-0.25, -0.2) is 0 Å². The first-order chi connectivity index (χ1) is 13.1. The molecular formula is C17H25F7O4S. The van der Waals surface area contributed by atoms with E-state index in [9.17, 15) is 38.6 Å². The summed E-state index contributed by atoms with van der Waals surface area (Å²) in [5, 5.41) is -1.30. The lowest BCUT2D eigenvalue weighted by molar-refractivity contribution is -0.397. The molecular weight excluding hydrogens is 433 g/mol. The average Bonchev–Trinajstić information content (AvgIpc) is 3.07. The molecule has 2 rings (SSSR count). The van der Waals surface area contributed by atoms with Gasteiger partial charge in [-0.2, -0.15) is 34.8 Å². The van der Waals surface area contributed by atoms with Gasteiger partial charge in [-0.05, 0) is 55.3 Å². The van der Waals surface area contributed by atoms with Crippen LogP contribution in [0.15, 0.2) is 0 Å². The molecule has 6 atom stereocenters. The number of halogens is 7. The topological polar surface area (TPSA) is 52.6 Å². The van der Waals surface area contributed by atoms with Crippen LogP contribution in [0.3, 0.4) is 0 Å². The Labute approximate surface area is 165 Å². The fourth-order valence-corrected chi connectivity index (χ4v) is 6.80. The molecule has 0 heterocycles. The van der Waals surface area contributed by atoms with Crippen LogP contribution in [0.5, 0.6) is 0 Å². The first kappa shape index (κ1) is 24.6. The van der Waals surface area contributed by atoms with E-state index in [-0.39, 0.29) is 19.3 Å². The molecule has 0 radical (unpaired) electrons. The van der Waals surface area contributed by atoms with Gasteiger partial charge in [0.05, 0.1) is 5.25 Å². The molecule has 0 aromatic rings. The summed E-state index contributed by atoms with van der Waals surface area (Å²) in [5.41, 5.74) is -4.38. The van der Waals surface area contributed by atoms with E-state index in [4.69, 9.17) is 0 Å². The van der Waals surface area contributed by atoms with Gasteiger partial charge in [0.2, 0.25) is 0 Å². The Balaban J connectivity index is 2.31. The molecule has 6 unspecified atom stereocenters. The summed E-state index contributed by atoms with van der Waals surface area (Å²) < 4.78 is 127. The Morgan fingerprint density at radius 3 is 2.00 bits per heavy atom. The normalized spacial score (nSPS) is 32.0. The highest BCUT2D eigenvalue weighted by Crippen LogP contribution is 2.61. The molecule has 2 saturated carbocycles. The number of hydrogen-bond acceptors (Lipinski definition) is 4. The van der Waals surface area contributed by atoms with Gasteiger partial charge < -0.3 is 9.47 Å². The highest BCUT2D eigenvalue weighted by Gasteiger charge is 2.73. The van der Waals surface area contributed by atoms with Crippen molar-refractivity contribution < 1.29 is 48.1 Å². The van der Waals surface area contributed by atoms with Crippen LogP contribution in [0.1, 0.15) is 39.5 Å². The zero-order valence-electron chi connectivity index (χ0n) is 16.2. The second kappa shape index (κ2) is 8.14. The zero-order chi connectivity index (χ0) is 22.4. The summed E-state index contributed by atoms with van der Waals surface area (Å²) in [7, 11) is -3.95. The lowest BCUT2D eigenvalue weighted by atomic mass is 9.70. The smallest absolute Gasteiger partial charge is 0.359 e. The monoisotopic (exact) mass is 458 g/mol. The Hall–Kier alpha value is -0.620. The molecule has 0 aliphatic heterocycles. The third-order valence-electron chi connectivity index (χ3n) is 6.69. The largest absolute Gasteiger partial charge is 0.426 e. The van der Waals surface area contributed by atoms with Gasteiger partial charge in [-0.15, -0.1) is 3.89 Å². The van der Waals surface area contributed by atoms with Crippen LogP contribution in [-0.2, 0) is 19.7 Å². The van der Waals surface area contributed by atoms with E-state index in [1.165, 1.54) is 6.92 Å². The van der Waals surface area contributed by atoms with E-state index >= 15 is 0 Å². The van der Waals surface area contributed by atoms with Crippen LogP contribution in [0, 0.1) is 29.6 Å².